The second kappa shape index (κ2) is 7.92. The molecule has 0 aromatic heterocycles. The lowest BCUT2D eigenvalue weighted by Crippen LogP contribution is -2.35. The summed E-state index contributed by atoms with van der Waals surface area (Å²) in [6.07, 6.45) is 2.16. The Morgan fingerprint density at radius 3 is 2.58 bits per heavy atom. The van der Waals surface area contributed by atoms with Crippen LogP contribution < -0.4 is 10.1 Å². The Morgan fingerprint density at radius 2 is 1.88 bits per heavy atom. The van der Waals surface area contributed by atoms with E-state index >= 15 is 0 Å². The normalized spacial score (nSPS) is 15.7. The molecule has 1 fully saturated rings. The van der Waals surface area contributed by atoms with Crippen molar-refractivity contribution < 1.29 is 9.53 Å². The first-order valence-corrected chi connectivity index (χ1v) is 9.05. The molecule has 4 heteroatoms. The highest BCUT2D eigenvalue weighted by Gasteiger charge is 2.20. The Bertz CT molecular complexity index is 793. The summed E-state index contributed by atoms with van der Waals surface area (Å²) < 4.78 is 6.20. The molecule has 0 saturated carbocycles. The highest BCUT2D eigenvalue weighted by molar-refractivity contribution is 6.05. The second-order valence-corrected chi connectivity index (χ2v) is 7.15. The summed E-state index contributed by atoms with van der Waals surface area (Å²) in [5.41, 5.74) is 3.89. The lowest BCUT2D eigenvalue weighted by atomic mass is 10.1. The quantitative estimate of drug-likeness (QED) is 0.903. The van der Waals surface area contributed by atoms with Gasteiger partial charge in [-0.15, -0.1) is 0 Å². The second-order valence-electron chi connectivity index (χ2n) is 7.15. The molecule has 1 heterocycles. The Balaban J connectivity index is 1.77. The van der Waals surface area contributed by atoms with E-state index in [1.807, 2.05) is 38.1 Å². The fourth-order valence-corrected chi connectivity index (χ4v) is 3.10. The molecule has 26 heavy (non-hydrogen) atoms. The Morgan fingerprint density at radius 1 is 1.15 bits per heavy atom. The van der Waals surface area contributed by atoms with Gasteiger partial charge in [0.1, 0.15) is 11.9 Å². The molecule has 1 saturated heterocycles. The van der Waals surface area contributed by atoms with Crippen LogP contribution in [-0.4, -0.2) is 37.0 Å². The predicted octanol–water partition coefficient (Wildman–Crippen LogP) is 4.09. The molecule has 0 spiro atoms. The van der Waals surface area contributed by atoms with Gasteiger partial charge in [-0.3, -0.25) is 4.79 Å². The molecule has 1 N–H and O–H groups in total. The van der Waals surface area contributed by atoms with Gasteiger partial charge in [0.2, 0.25) is 0 Å². The van der Waals surface area contributed by atoms with Crippen LogP contribution in [0.1, 0.15) is 39.9 Å². The maximum Gasteiger partial charge on any atom is 0.255 e. The van der Waals surface area contributed by atoms with Gasteiger partial charge in [-0.05, 0) is 81.6 Å². The number of carbonyl (C=O) groups is 1. The van der Waals surface area contributed by atoms with Gasteiger partial charge in [0.25, 0.3) is 5.91 Å². The maximum absolute atomic E-state index is 12.6. The van der Waals surface area contributed by atoms with Crippen LogP contribution in [0.2, 0.25) is 0 Å². The summed E-state index contributed by atoms with van der Waals surface area (Å²) in [5.74, 6) is 0.536. The van der Waals surface area contributed by atoms with Crippen molar-refractivity contribution in [2.75, 3.05) is 25.5 Å². The van der Waals surface area contributed by atoms with E-state index in [2.05, 4.69) is 17.3 Å². The van der Waals surface area contributed by atoms with E-state index in [1.165, 1.54) is 0 Å². The van der Waals surface area contributed by atoms with Crippen LogP contribution in [0.5, 0.6) is 5.75 Å². The van der Waals surface area contributed by atoms with Gasteiger partial charge in [-0.2, -0.15) is 0 Å². The van der Waals surface area contributed by atoms with Gasteiger partial charge < -0.3 is 15.0 Å². The third-order valence-corrected chi connectivity index (χ3v) is 4.88. The number of piperidine rings is 1. The number of ether oxygens (including phenoxy) is 1. The van der Waals surface area contributed by atoms with E-state index in [-0.39, 0.29) is 12.0 Å². The molecule has 2 radical (unpaired) electrons. The fourth-order valence-electron chi connectivity index (χ4n) is 3.10. The molecule has 1 aliphatic rings. The van der Waals surface area contributed by atoms with Gasteiger partial charge in [0, 0.05) is 18.7 Å². The maximum atomic E-state index is 12.6. The van der Waals surface area contributed by atoms with E-state index in [9.17, 15) is 4.79 Å². The first-order chi connectivity index (χ1) is 12.4. The van der Waals surface area contributed by atoms with E-state index in [4.69, 9.17) is 11.7 Å². The zero-order valence-corrected chi connectivity index (χ0v) is 15.7. The minimum Gasteiger partial charge on any atom is -0.488 e. The van der Waals surface area contributed by atoms with Gasteiger partial charge in [-0.1, -0.05) is 12.1 Å². The van der Waals surface area contributed by atoms with Crippen LogP contribution in [0.25, 0.3) is 0 Å². The number of nitrogens with zero attached hydrogens (tertiary/aromatic N) is 1. The average molecular weight is 350 g/mol. The molecule has 0 aliphatic carbocycles. The largest absolute Gasteiger partial charge is 0.488 e. The fraction of sp³-hybridized carbons (Fsp3) is 0.364. The first kappa shape index (κ1) is 18.5. The number of aryl methyl sites for hydroxylation is 2. The molecule has 0 unspecified atom stereocenters. The molecule has 1 amide bonds. The van der Waals surface area contributed by atoms with Crippen molar-refractivity contribution in [3.8, 4) is 5.75 Å². The molecule has 3 rings (SSSR count). The van der Waals surface area contributed by atoms with Gasteiger partial charge in [0.15, 0.2) is 0 Å². The molecule has 2 aromatic rings. The summed E-state index contributed by atoms with van der Waals surface area (Å²) in [5, 5.41) is 2.98. The van der Waals surface area contributed by atoms with E-state index in [0.29, 0.717) is 16.8 Å². The average Bonchev–Trinajstić information content (AvgIpc) is 2.61. The predicted molar refractivity (Wildman–Crippen MR) is 105 cm³/mol. The summed E-state index contributed by atoms with van der Waals surface area (Å²) in [6.45, 7) is 11.9. The van der Waals surface area contributed by atoms with Crippen molar-refractivity contribution >= 4 is 11.6 Å². The van der Waals surface area contributed by atoms with Crippen molar-refractivity contribution in [3.05, 3.63) is 65.6 Å². The molecule has 0 bridgehead atoms. The van der Waals surface area contributed by atoms with E-state index in [0.717, 1.165) is 42.8 Å². The van der Waals surface area contributed by atoms with E-state index in [1.54, 1.807) is 12.1 Å². The Labute approximate surface area is 156 Å². The van der Waals surface area contributed by atoms with Crippen molar-refractivity contribution in [2.24, 2.45) is 0 Å². The lowest BCUT2D eigenvalue weighted by molar-refractivity contribution is 0.102. The third-order valence-electron chi connectivity index (χ3n) is 4.88. The molecular weight excluding hydrogens is 324 g/mol. The smallest absolute Gasteiger partial charge is 0.255 e. The Hall–Kier alpha value is -2.33. The number of hydrogen-bond acceptors (Lipinski definition) is 3. The van der Waals surface area contributed by atoms with Crippen LogP contribution in [0.4, 0.5) is 5.69 Å². The minimum atomic E-state index is -0.185. The first-order valence-electron chi connectivity index (χ1n) is 9.05. The zero-order chi connectivity index (χ0) is 18.7. The molecule has 4 nitrogen and oxygen atoms in total. The number of carbonyl (C=O) groups excluding carboxylic acids is 1. The van der Waals surface area contributed by atoms with Gasteiger partial charge in [-0.25, -0.2) is 0 Å². The van der Waals surface area contributed by atoms with Crippen LogP contribution in [0, 0.1) is 20.8 Å². The number of anilines is 1. The van der Waals surface area contributed by atoms with Crippen LogP contribution in [0.15, 0.2) is 36.4 Å². The molecule has 1 aliphatic heterocycles. The van der Waals surface area contributed by atoms with Gasteiger partial charge >= 0.3 is 0 Å². The van der Waals surface area contributed by atoms with Crippen molar-refractivity contribution in [1.82, 2.24) is 4.90 Å². The molecule has 0 atom stereocenters. The van der Waals surface area contributed by atoms with Crippen molar-refractivity contribution in [3.63, 3.8) is 0 Å². The summed E-state index contributed by atoms with van der Waals surface area (Å²) in [6, 6.07) is 11.2. The zero-order valence-electron chi connectivity index (χ0n) is 15.7. The number of benzene rings is 2. The molecule has 2 aromatic carbocycles. The summed E-state index contributed by atoms with van der Waals surface area (Å²) in [4.78, 5) is 15.0. The number of rotatable bonds is 4. The van der Waals surface area contributed by atoms with Gasteiger partial charge in [0.05, 0.1) is 5.69 Å². The number of nitrogens with one attached hydrogen (secondary N) is 1. The van der Waals surface area contributed by atoms with E-state index < -0.39 is 0 Å². The minimum absolute atomic E-state index is 0.180. The molecular formula is C22H26N2O2. The highest BCUT2D eigenvalue weighted by atomic mass is 16.5. The highest BCUT2D eigenvalue weighted by Crippen LogP contribution is 2.29. The van der Waals surface area contributed by atoms with Crippen molar-refractivity contribution in [1.29, 1.82) is 0 Å². The third kappa shape index (κ3) is 4.44. The molecule has 136 valence electrons. The lowest BCUT2D eigenvalue weighted by Gasteiger charge is -2.30. The van der Waals surface area contributed by atoms with Crippen LogP contribution >= 0.6 is 0 Å². The van der Waals surface area contributed by atoms with Crippen LogP contribution in [0.3, 0.4) is 0 Å². The number of hydrogen-bond donors (Lipinski definition) is 1. The summed E-state index contributed by atoms with van der Waals surface area (Å²) in [7, 11) is 2.13. The van der Waals surface area contributed by atoms with Crippen molar-refractivity contribution in [2.45, 2.75) is 32.8 Å². The standard InChI is InChI=1S/C22H26N2O2/c1-15-5-8-21(26-19-9-11-24(4)12-10-19)20(13-15)23-22(25)18-7-6-16(2)17(3)14-18/h3,5-8,13-14,19H,9-12H2,1-2,4H3,(H,23,25). The Kier molecular flexibility index (Phi) is 5.62. The van der Waals surface area contributed by atoms with Crippen LogP contribution in [-0.2, 0) is 0 Å². The summed E-state index contributed by atoms with van der Waals surface area (Å²) >= 11 is 0. The number of amides is 1. The number of likely N-dealkylation sites (tertiary alicyclic amines) is 1. The topological polar surface area (TPSA) is 41.6 Å². The SMILES string of the molecule is [CH]c1cc(C(=O)Nc2cc(C)ccc2OC2CCN(C)CC2)ccc1C. The monoisotopic (exact) mass is 350 g/mol.